The van der Waals surface area contributed by atoms with Crippen molar-refractivity contribution in [3.63, 3.8) is 0 Å². The molecule has 3 nitrogen and oxygen atoms in total. The number of thioether (sulfide) groups is 1. The van der Waals surface area contributed by atoms with Gasteiger partial charge in [-0.15, -0.1) is 11.8 Å². The summed E-state index contributed by atoms with van der Waals surface area (Å²) < 4.78 is 0. The smallest absolute Gasteiger partial charge is 0.307 e. The molecule has 3 rings (SSSR count). The lowest BCUT2D eigenvalue weighted by Crippen LogP contribution is -2.01. The third-order valence-corrected chi connectivity index (χ3v) is 4.93. The molecule has 0 aliphatic rings. The van der Waals surface area contributed by atoms with Crippen LogP contribution in [0.5, 0.6) is 0 Å². The molecule has 0 aliphatic heterocycles. The zero-order valence-corrected chi connectivity index (χ0v) is 14.3. The number of nitrogens with one attached hydrogen (secondary N) is 1. The number of aliphatic carboxylic acids is 1. The van der Waals surface area contributed by atoms with E-state index >= 15 is 0 Å². The zero-order chi connectivity index (χ0) is 16.6. The number of hydrogen-bond acceptors (Lipinski definition) is 2. The molecule has 0 aliphatic carbocycles. The van der Waals surface area contributed by atoms with Gasteiger partial charge in [-0.05, 0) is 54.5 Å². The number of rotatable bonds is 4. The molecule has 0 atom stereocenters. The number of hydrogen-bond donors (Lipinski definition) is 2. The number of carboxylic acid groups (broad SMARTS) is 1. The molecular weight excluding hydrogens is 306 g/mol. The predicted molar refractivity (Wildman–Crippen MR) is 96.3 cm³/mol. The van der Waals surface area contributed by atoms with Gasteiger partial charge >= 0.3 is 5.97 Å². The lowest BCUT2D eigenvalue weighted by atomic mass is 9.99. The number of aromatic nitrogens is 1. The van der Waals surface area contributed by atoms with E-state index in [0.29, 0.717) is 0 Å². The van der Waals surface area contributed by atoms with Crippen LogP contribution in [0.2, 0.25) is 0 Å². The molecule has 3 aromatic rings. The Balaban J connectivity index is 2.27. The van der Waals surface area contributed by atoms with Crippen molar-refractivity contribution in [3.8, 4) is 11.3 Å². The van der Waals surface area contributed by atoms with Crippen molar-refractivity contribution in [1.29, 1.82) is 0 Å². The minimum absolute atomic E-state index is 0.0178. The third-order valence-electron chi connectivity index (χ3n) is 4.18. The fourth-order valence-corrected chi connectivity index (χ4v) is 3.43. The Morgan fingerprint density at radius 3 is 2.35 bits per heavy atom. The first-order valence-corrected chi connectivity index (χ1v) is 8.70. The minimum Gasteiger partial charge on any atom is -0.481 e. The first kappa shape index (κ1) is 15.7. The molecule has 2 N–H and O–H groups in total. The second kappa shape index (κ2) is 6.13. The number of H-pyrrole nitrogens is 1. The van der Waals surface area contributed by atoms with Gasteiger partial charge in [0.2, 0.25) is 0 Å². The predicted octanol–water partition coefficient (Wildman–Crippen LogP) is 4.80. The number of benzene rings is 2. The average Bonchev–Trinajstić information content (AvgIpc) is 2.91. The molecule has 2 aromatic carbocycles. The van der Waals surface area contributed by atoms with Crippen molar-refractivity contribution in [2.75, 3.05) is 6.26 Å². The van der Waals surface area contributed by atoms with Crippen molar-refractivity contribution in [1.82, 2.24) is 4.98 Å². The van der Waals surface area contributed by atoms with Gasteiger partial charge in [-0.2, -0.15) is 0 Å². The van der Waals surface area contributed by atoms with Crippen molar-refractivity contribution in [3.05, 3.63) is 53.1 Å². The van der Waals surface area contributed by atoms with Crippen LogP contribution in [-0.2, 0) is 11.2 Å². The Morgan fingerprint density at radius 1 is 1.09 bits per heavy atom. The summed E-state index contributed by atoms with van der Waals surface area (Å²) in [4.78, 5) is 16.0. The Morgan fingerprint density at radius 2 is 1.74 bits per heavy atom. The maximum Gasteiger partial charge on any atom is 0.307 e. The summed E-state index contributed by atoms with van der Waals surface area (Å²) in [6.45, 7) is 4.07. The van der Waals surface area contributed by atoms with Gasteiger partial charge in [-0.1, -0.05) is 24.3 Å². The Labute approximate surface area is 139 Å². The lowest BCUT2D eigenvalue weighted by Gasteiger charge is -2.05. The molecule has 0 saturated carbocycles. The molecule has 0 bridgehead atoms. The van der Waals surface area contributed by atoms with Crippen LogP contribution < -0.4 is 0 Å². The number of aryl methyl sites for hydroxylation is 2. The molecule has 0 saturated heterocycles. The Kier molecular flexibility index (Phi) is 4.18. The lowest BCUT2D eigenvalue weighted by molar-refractivity contribution is -0.136. The average molecular weight is 325 g/mol. The highest BCUT2D eigenvalue weighted by atomic mass is 32.2. The van der Waals surface area contributed by atoms with Crippen LogP contribution in [0, 0.1) is 13.8 Å². The molecule has 23 heavy (non-hydrogen) atoms. The van der Waals surface area contributed by atoms with Crippen molar-refractivity contribution >= 4 is 28.6 Å². The zero-order valence-electron chi connectivity index (χ0n) is 13.4. The molecule has 4 heteroatoms. The Bertz CT molecular complexity index is 879. The summed E-state index contributed by atoms with van der Waals surface area (Å²) in [5.74, 6) is -0.811. The molecule has 0 fully saturated rings. The number of fused-ring (bicyclic) bond motifs is 1. The summed E-state index contributed by atoms with van der Waals surface area (Å²) in [5, 5.41) is 10.4. The summed E-state index contributed by atoms with van der Waals surface area (Å²) in [5.41, 5.74) is 6.06. The van der Waals surface area contributed by atoms with Crippen LogP contribution in [0.25, 0.3) is 22.2 Å². The largest absolute Gasteiger partial charge is 0.481 e. The van der Waals surface area contributed by atoms with Gasteiger partial charge < -0.3 is 10.1 Å². The van der Waals surface area contributed by atoms with Gasteiger partial charge in [0.1, 0.15) is 0 Å². The maximum absolute atomic E-state index is 11.4. The van der Waals surface area contributed by atoms with Crippen LogP contribution in [-0.4, -0.2) is 22.3 Å². The number of aromatic amines is 1. The van der Waals surface area contributed by atoms with Crippen LogP contribution in [0.4, 0.5) is 0 Å². The van der Waals surface area contributed by atoms with Gasteiger partial charge in [-0.25, -0.2) is 0 Å². The summed E-state index contributed by atoms with van der Waals surface area (Å²) in [7, 11) is 0. The molecule has 1 aromatic heterocycles. The monoisotopic (exact) mass is 325 g/mol. The Hall–Kier alpha value is -2.20. The first-order valence-electron chi connectivity index (χ1n) is 7.48. The normalized spacial score (nSPS) is 11.1. The maximum atomic E-state index is 11.4. The minimum atomic E-state index is -0.811. The van der Waals surface area contributed by atoms with E-state index < -0.39 is 5.97 Å². The molecule has 1 heterocycles. The highest BCUT2D eigenvalue weighted by Crippen LogP contribution is 2.35. The van der Waals surface area contributed by atoms with E-state index in [1.807, 2.05) is 32.2 Å². The quantitative estimate of drug-likeness (QED) is 0.677. The van der Waals surface area contributed by atoms with Gasteiger partial charge in [0, 0.05) is 15.8 Å². The molecular formula is C19H19NO2S. The summed E-state index contributed by atoms with van der Waals surface area (Å²) in [6.07, 6.45) is 2.06. The van der Waals surface area contributed by atoms with Crippen molar-refractivity contribution in [2.45, 2.75) is 25.2 Å². The van der Waals surface area contributed by atoms with E-state index in [9.17, 15) is 9.90 Å². The SMILES string of the molecule is CSc1ccc(-c2[nH]c3c(C)ccc(C)c3c2CC(=O)O)cc1. The van der Waals surface area contributed by atoms with Crippen LogP contribution in [0.1, 0.15) is 16.7 Å². The van der Waals surface area contributed by atoms with Crippen LogP contribution in [0.3, 0.4) is 0 Å². The third kappa shape index (κ3) is 2.86. The van der Waals surface area contributed by atoms with Crippen molar-refractivity contribution < 1.29 is 9.90 Å². The highest BCUT2D eigenvalue weighted by Gasteiger charge is 2.18. The van der Waals surface area contributed by atoms with E-state index in [0.717, 1.165) is 38.9 Å². The van der Waals surface area contributed by atoms with Gasteiger partial charge in [0.05, 0.1) is 12.1 Å². The molecule has 0 spiro atoms. The molecule has 0 amide bonds. The highest BCUT2D eigenvalue weighted by molar-refractivity contribution is 7.98. The van der Waals surface area contributed by atoms with E-state index in [1.54, 1.807) is 11.8 Å². The standard InChI is InChI=1S/C19H19NO2S/c1-11-4-5-12(2)18-17(11)15(10-16(21)22)19(20-18)13-6-8-14(23-3)9-7-13/h4-9,20H,10H2,1-3H3,(H,21,22). The van der Waals surface area contributed by atoms with Gasteiger partial charge in [-0.3, -0.25) is 4.79 Å². The van der Waals surface area contributed by atoms with Crippen LogP contribution in [0.15, 0.2) is 41.3 Å². The second-order valence-corrected chi connectivity index (χ2v) is 6.61. The fraction of sp³-hybridized carbons (Fsp3) is 0.211. The molecule has 118 valence electrons. The van der Waals surface area contributed by atoms with E-state index in [-0.39, 0.29) is 6.42 Å². The first-order chi connectivity index (χ1) is 11.0. The van der Waals surface area contributed by atoms with E-state index in [4.69, 9.17) is 0 Å². The molecule has 0 radical (unpaired) electrons. The van der Waals surface area contributed by atoms with Gasteiger partial charge in [0.15, 0.2) is 0 Å². The molecule has 0 unspecified atom stereocenters. The number of carbonyl (C=O) groups is 1. The van der Waals surface area contributed by atoms with E-state index in [2.05, 4.69) is 29.2 Å². The summed E-state index contributed by atoms with van der Waals surface area (Å²) in [6, 6.07) is 12.3. The topological polar surface area (TPSA) is 53.1 Å². The summed E-state index contributed by atoms with van der Waals surface area (Å²) >= 11 is 1.69. The van der Waals surface area contributed by atoms with Crippen molar-refractivity contribution in [2.24, 2.45) is 0 Å². The number of carboxylic acids is 1. The second-order valence-electron chi connectivity index (χ2n) is 5.73. The van der Waals surface area contributed by atoms with Crippen LogP contribution >= 0.6 is 11.8 Å². The van der Waals surface area contributed by atoms with E-state index in [1.165, 1.54) is 4.90 Å². The fourth-order valence-electron chi connectivity index (χ4n) is 3.02. The van der Waals surface area contributed by atoms with Gasteiger partial charge in [0.25, 0.3) is 0 Å².